The summed E-state index contributed by atoms with van der Waals surface area (Å²) in [7, 11) is 1.79. The van der Waals surface area contributed by atoms with Crippen LogP contribution in [0.3, 0.4) is 0 Å². The average Bonchev–Trinajstić information content (AvgIpc) is 2.79. The van der Waals surface area contributed by atoms with Crippen molar-refractivity contribution in [2.45, 2.75) is 19.6 Å². The van der Waals surface area contributed by atoms with Crippen LogP contribution < -0.4 is 10.6 Å². The van der Waals surface area contributed by atoms with E-state index in [1.165, 1.54) is 6.07 Å². The van der Waals surface area contributed by atoms with Gasteiger partial charge in [0.2, 0.25) is 0 Å². The Morgan fingerprint density at radius 1 is 1.15 bits per heavy atom. The Morgan fingerprint density at radius 3 is 2.67 bits per heavy atom. The van der Waals surface area contributed by atoms with Crippen LogP contribution in [0, 0.1) is 6.92 Å². The zero-order valence-electron chi connectivity index (χ0n) is 17.7. The molecular formula is C23H19ClF3N5O. The highest BCUT2D eigenvalue weighted by Crippen LogP contribution is 2.35. The highest BCUT2D eigenvalue weighted by atomic mass is 35.5. The van der Waals surface area contributed by atoms with E-state index in [1.54, 1.807) is 23.6 Å². The van der Waals surface area contributed by atoms with Crippen molar-refractivity contribution in [3.63, 3.8) is 0 Å². The lowest BCUT2D eigenvalue weighted by Gasteiger charge is -2.26. The van der Waals surface area contributed by atoms with Gasteiger partial charge in [-0.05, 0) is 55.0 Å². The van der Waals surface area contributed by atoms with E-state index in [9.17, 15) is 18.0 Å². The molecule has 0 spiro atoms. The molecule has 4 rings (SSSR count). The maximum atomic E-state index is 12.9. The Bertz CT molecular complexity index is 1260. The summed E-state index contributed by atoms with van der Waals surface area (Å²) in [6.45, 7) is 2.29. The van der Waals surface area contributed by atoms with Crippen molar-refractivity contribution in [3.8, 4) is 0 Å². The van der Waals surface area contributed by atoms with E-state index in [1.807, 2.05) is 31.2 Å². The quantitative estimate of drug-likeness (QED) is 0.485. The monoisotopic (exact) mass is 473 g/mol. The van der Waals surface area contributed by atoms with Gasteiger partial charge in [-0.3, -0.25) is 14.2 Å². The number of carbonyl (C=O) groups is 1. The Hall–Kier alpha value is -3.59. The number of amides is 1. The number of carbonyl (C=O) groups excluding carboxylic acids is 1. The minimum atomic E-state index is -4.64. The van der Waals surface area contributed by atoms with Crippen LogP contribution >= 0.6 is 11.8 Å². The van der Waals surface area contributed by atoms with Crippen molar-refractivity contribution >= 4 is 41.0 Å². The molecular weight excluding hydrogens is 455 g/mol. The number of halogens is 4. The van der Waals surface area contributed by atoms with Crippen LogP contribution in [0.2, 0.25) is 0 Å². The van der Waals surface area contributed by atoms with E-state index in [0.717, 1.165) is 46.2 Å². The molecule has 2 aromatic heterocycles. The van der Waals surface area contributed by atoms with E-state index in [-0.39, 0.29) is 5.56 Å². The fraction of sp³-hybridized carbons (Fsp3) is 0.174. The average molecular weight is 474 g/mol. The molecule has 0 saturated heterocycles. The van der Waals surface area contributed by atoms with E-state index in [4.69, 9.17) is 11.8 Å². The van der Waals surface area contributed by atoms with Crippen LogP contribution in [-0.4, -0.2) is 27.3 Å². The zero-order chi connectivity index (χ0) is 23.8. The summed E-state index contributed by atoms with van der Waals surface area (Å²) in [5.74, 6) is 0.0635. The molecule has 10 heteroatoms. The SMILES string of the molecule is CNc1ccc2c(n1)CN(Cl)C(c1cc(NC(=O)c3ccnc(C(F)(F)F)c3)ccc1C)=C2. The largest absolute Gasteiger partial charge is 0.433 e. The van der Waals surface area contributed by atoms with Gasteiger partial charge in [-0.25, -0.2) is 4.98 Å². The normalized spacial score (nSPS) is 13.3. The summed E-state index contributed by atoms with van der Waals surface area (Å²) in [5, 5.41) is 5.64. The number of anilines is 2. The van der Waals surface area contributed by atoms with Crippen LogP contribution in [-0.2, 0) is 12.7 Å². The van der Waals surface area contributed by atoms with E-state index in [2.05, 4.69) is 20.6 Å². The second-order valence-corrected chi connectivity index (χ2v) is 7.85. The van der Waals surface area contributed by atoms with E-state index >= 15 is 0 Å². The highest BCUT2D eigenvalue weighted by molar-refractivity contribution is 6.19. The molecule has 0 unspecified atom stereocenters. The second kappa shape index (κ2) is 8.74. The Balaban J connectivity index is 1.63. The first-order valence-corrected chi connectivity index (χ1v) is 10.3. The van der Waals surface area contributed by atoms with Crippen molar-refractivity contribution < 1.29 is 18.0 Å². The molecule has 170 valence electrons. The molecule has 3 heterocycles. The van der Waals surface area contributed by atoms with Gasteiger partial charge >= 0.3 is 6.18 Å². The smallest absolute Gasteiger partial charge is 0.373 e. The van der Waals surface area contributed by atoms with Gasteiger partial charge in [0.25, 0.3) is 5.91 Å². The number of benzene rings is 1. The summed E-state index contributed by atoms with van der Waals surface area (Å²) in [4.78, 5) is 20.4. The standard InChI is InChI=1S/C23H19ClF3N5O/c1-13-3-5-16(30-22(33)15-7-8-29-20(10-15)23(25,26)27)11-17(13)19-9-14-4-6-21(28-2)31-18(14)12-32(19)24/h3-11H,12H2,1-2H3,(H,28,31)(H,30,33). The second-order valence-electron chi connectivity index (χ2n) is 7.44. The number of aryl methyl sites for hydroxylation is 1. The van der Waals surface area contributed by atoms with Crippen LogP contribution in [0.5, 0.6) is 0 Å². The number of hydrogen-bond donors (Lipinski definition) is 2. The lowest BCUT2D eigenvalue weighted by atomic mass is 9.99. The van der Waals surface area contributed by atoms with Gasteiger partial charge in [0, 0.05) is 47.4 Å². The van der Waals surface area contributed by atoms with Gasteiger partial charge in [0.15, 0.2) is 0 Å². The Labute approximate surface area is 193 Å². The maximum absolute atomic E-state index is 12.9. The van der Waals surface area contributed by atoms with Crippen molar-refractivity contribution in [3.05, 3.63) is 82.3 Å². The number of nitrogens with one attached hydrogen (secondary N) is 2. The number of rotatable bonds is 4. The number of aromatic nitrogens is 2. The molecule has 0 fully saturated rings. The topological polar surface area (TPSA) is 70.2 Å². The summed E-state index contributed by atoms with van der Waals surface area (Å²) in [6.07, 6.45) is -1.77. The summed E-state index contributed by atoms with van der Waals surface area (Å²) >= 11 is 6.53. The van der Waals surface area contributed by atoms with Crippen molar-refractivity contribution in [1.29, 1.82) is 0 Å². The lowest BCUT2D eigenvalue weighted by molar-refractivity contribution is -0.141. The van der Waals surface area contributed by atoms with Crippen LogP contribution in [0.4, 0.5) is 24.7 Å². The predicted molar refractivity (Wildman–Crippen MR) is 121 cm³/mol. The van der Waals surface area contributed by atoms with Crippen molar-refractivity contribution in [2.24, 2.45) is 0 Å². The fourth-order valence-corrected chi connectivity index (χ4v) is 3.71. The molecule has 33 heavy (non-hydrogen) atoms. The van der Waals surface area contributed by atoms with Gasteiger partial charge in [0.05, 0.1) is 17.9 Å². The number of hydrogen-bond acceptors (Lipinski definition) is 5. The summed E-state index contributed by atoms with van der Waals surface area (Å²) < 4.78 is 40.3. The molecule has 0 radical (unpaired) electrons. The number of alkyl halides is 3. The summed E-state index contributed by atoms with van der Waals surface area (Å²) in [6, 6.07) is 11.0. The third-order valence-electron chi connectivity index (χ3n) is 5.19. The molecule has 1 aromatic carbocycles. The minimum absolute atomic E-state index is 0.143. The Morgan fingerprint density at radius 2 is 1.94 bits per heavy atom. The molecule has 0 atom stereocenters. The Kier molecular flexibility index (Phi) is 5.99. The molecule has 0 saturated carbocycles. The maximum Gasteiger partial charge on any atom is 0.433 e. The van der Waals surface area contributed by atoms with Crippen LogP contribution in [0.25, 0.3) is 11.8 Å². The van der Waals surface area contributed by atoms with Gasteiger partial charge in [-0.2, -0.15) is 13.2 Å². The number of nitrogens with zero attached hydrogens (tertiary/aromatic N) is 3. The van der Waals surface area contributed by atoms with E-state index < -0.39 is 17.8 Å². The predicted octanol–water partition coefficient (Wildman–Crippen LogP) is 5.57. The van der Waals surface area contributed by atoms with Crippen LogP contribution in [0.1, 0.15) is 38.4 Å². The molecule has 3 aromatic rings. The van der Waals surface area contributed by atoms with Crippen molar-refractivity contribution in [1.82, 2.24) is 14.4 Å². The molecule has 1 aliphatic rings. The third-order valence-corrected chi connectivity index (χ3v) is 5.49. The lowest BCUT2D eigenvalue weighted by Crippen LogP contribution is -2.18. The van der Waals surface area contributed by atoms with Gasteiger partial charge in [-0.15, -0.1) is 0 Å². The van der Waals surface area contributed by atoms with Crippen LogP contribution in [0.15, 0.2) is 48.7 Å². The highest BCUT2D eigenvalue weighted by Gasteiger charge is 2.33. The molecule has 1 aliphatic heterocycles. The third kappa shape index (κ3) is 4.78. The van der Waals surface area contributed by atoms with E-state index in [0.29, 0.717) is 12.2 Å². The minimum Gasteiger partial charge on any atom is -0.373 e. The van der Waals surface area contributed by atoms with Gasteiger partial charge in [-0.1, -0.05) is 6.07 Å². The summed E-state index contributed by atoms with van der Waals surface area (Å²) in [5.41, 5.74) is 3.31. The molecule has 1 amide bonds. The molecule has 2 N–H and O–H groups in total. The first-order chi connectivity index (χ1) is 15.7. The fourth-order valence-electron chi connectivity index (χ4n) is 3.46. The first kappa shape index (κ1) is 22.6. The van der Waals surface area contributed by atoms with Gasteiger partial charge in [0.1, 0.15) is 11.5 Å². The first-order valence-electron chi connectivity index (χ1n) is 9.94. The van der Waals surface area contributed by atoms with Gasteiger partial charge < -0.3 is 10.6 Å². The number of pyridine rings is 2. The molecule has 6 nitrogen and oxygen atoms in total. The number of fused-ring (bicyclic) bond motifs is 1. The molecule has 0 aliphatic carbocycles. The van der Waals surface area contributed by atoms with Crippen molar-refractivity contribution in [2.75, 3.05) is 17.7 Å². The zero-order valence-corrected chi connectivity index (χ0v) is 18.4. The molecule has 0 bridgehead atoms.